The Morgan fingerprint density at radius 3 is 2.89 bits per heavy atom. The number of aromatic nitrogens is 6. The summed E-state index contributed by atoms with van der Waals surface area (Å²) in [5.41, 5.74) is 8.45. The van der Waals surface area contributed by atoms with E-state index >= 15 is 0 Å². The Labute approximate surface area is 162 Å². The highest BCUT2D eigenvalue weighted by molar-refractivity contribution is 5.98. The first-order chi connectivity index (χ1) is 13.4. The molecule has 2 N–H and O–H groups in total. The minimum absolute atomic E-state index is 0.0436. The molecular formula is C18H25N9O. The molecular weight excluding hydrogens is 358 g/mol. The fraction of sp³-hybridized carbons (Fsp3) is 0.500. The number of likely N-dealkylation sites (tertiary alicyclic amines) is 1. The van der Waals surface area contributed by atoms with Crippen LogP contribution >= 0.6 is 0 Å². The van der Waals surface area contributed by atoms with Gasteiger partial charge in [0.1, 0.15) is 17.8 Å². The minimum atomic E-state index is 0.0436. The monoisotopic (exact) mass is 383 g/mol. The van der Waals surface area contributed by atoms with Crippen molar-refractivity contribution in [2.45, 2.75) is 18.9 Å². The third-order valence-electron chi connectivity index (χ3n) is 5.04. The third kappa shape index (κ3) is 3.31. The Bertz CT molecular complexity index is 1010. The highest BCUT2D eigenvalue weighted by atomic mass is 16.2. The van der Waals surface area contributed by atoms with Crippen molar-refractivity contribution in [3.8, 4) is 11.3 Å². The number of fused-ring (bicyclic) bond motifs is 1. The van der Waals surface area contributed by atoms with Crippen molar-refractivity contribution in [1.82, 2.24) is 39.3 Å². The van der Waals surface area contributed by atoms with Crippen LogP contribution < -0.4 is 5.73 Å². The highest BCUT2D eigenvalue weighted by Crippen LogP contribution is 2.33. The van der Waals surface area contributed by atoms with Gasteiger partial charge in [-0.3, -0.25) is 9.48 Å². The zero-order valence-electron chi connectivity index (χ0n) is 16.4. The molecule has 3 aromatic heterocycles. The number of hydrogen-bond acceptors (Lipinski definition) is 7. The largest absolute Gasteiger partial charge is 0.383 e. The van der Waals surface area contributed by atoms with Crippen molar-refractivity contribution in [3.05, 3.63) is 18.7 Å². The van der Waals surface area contributed by atoms with E-state index in [4.69, 9.17) is 10.8 Å². The minimum Gasteiger partial charge on any atom is -0.383 e. The van der Waals surface area contributed by atoms with Gasteiger partial charge in [0.15, 0.2) is 5.65 Å². The Balaban J connectivity index is 1.73. The lowest BCUT2D eigenvalue weighted by atomic mass is 10.1. The molecule has 1 unspecified atom stereocenters. The van der Waals surface area contributed by atoms with E-state index in [1.807, 2.05) is 41.8 Å². The number of amides is 1. The SMILES string of the molecule is CN(C)CC(=O)N1CCCC(n2nc(-c3cnn(C)c3)c3c(N)ncnc32)C1. The van der Waals surface area contributed by atoms with Crippen LogP contribution in [0.2, 0.25) is 0 Å². The first kappa shape index (κ1) is 18.4. The number of nitrogen functional groups attached to an aromatic ring is 1. The van der Waals surface area contributed by atoms with Gasteiger partial charge in [-0.05, 0) is 26.9 Å². The molecule has 0 saturated carbocycles. The molecule has 4 rings (SSSR count). The van der Waals surface area contributed by atoms with E-state index in [2.05, 4.69) is 15.1 Å². The molecule has 4 heterocycles. The Hall–Kier alpha value is -3.01. The Morgan fingerprint density at radius 2 is 2.18 bits per heavy atom. The first-order valence-electron chi connectivity index (χ1n) is 9.34. The molecule has 1 fully saturated rings. The van der Waals surface area contributed by atoms with Crippen molar-refractivity contribution in [2.75, 3.05) is 39.5 Å². The quantitative estimate of drug-likeness (QED) is 0.700. The second-order valence-electron chi connectivity index (χ2n) is 7.53. The van der Waals surface area contributed by atoms with Gasteiger partial charge in [0, 0.05) is 31.9 Å². The molecule has 1 aliphatic heterocycles. The summed E-state index contributed by atoms with van der Waals surface area (Å²) in [4.78, 5) is 24.9. The van der Waals surface area contributed by atoms with Crippen LogP contribution in [0, 0.1) is 0 Å². The molecule has 10 nitrogen and oxygen atoms in total. The third-order valence-corrected chi connectivity index (χ3v) is 5.04. The number of nitrogens with zero attached hydrogens (tertiary/aromatic N) is 8. The van der Waals surface area contributed by atoms with E-state index in [-0.39, 0.29) is 11.9 Å². The number of carbonyl (C=O) groups excluding carboxylic acids is 1. The molecule has 1 atom stereocenters. The van der Waals surface area contributed by atoms with E-state index in [9.17, 15) is 4.79 Å². The fourth-order valence-corrected chi connectivity index (χ4v) is 3.75. The van der Waals surface area contributed by atoms with Crippen LogP contribution in [0.3, 0.4) is 0 Å². The zero-order chi connectivity index (χ0) is 19.8. The number of likely N-dealkylation sites (N-methyl/N-ethyl adjacent to an activating group) is 1. The fourth-order valence-electron chi connectivity index (χ4n) is 3.75. The van der Waals surface area contributed by atoms with Crippen LogP contribution in [0.25, 0.3) is 22.3 Å². The molecule has 148 valence electrons. The molecule has 0 radical (unpaired) electrons. The van der Waals surface area contributed by atoms with Gasteiger partial charge in [-0.1, -0.05) is 0 Å². The van der Waals surface area contributed by atoms with Gasteiger partial charge in [-0.15, -0.1) is 0 Å². The van der Waals surface area contributed by atoms with Gasteiger partial charge in [0.25, 0.3) is 0 Å². The van der Waals surface area contributed by atoms with E-state index in [1.54, 1.807) is 10.9 Å². The number of hydrogen-bond donors (Lipinski definition) is 1. The van der Waals surface area contributed by atoms with Crippen LogP contribution in [0.4, 0.5) is 5.82 Å². The standard InChI is InChI=1S/C18H25N9O/c1-24(2)10-14(28)26-6-4-5-13(9-26)27-18-15(17(19)20-11-21-18)16(23-27)12-7-22-25(3)8-12/h7-8,11,13H,4-6,9-10H2,1-3H3,(H2,19,20,21). The lowest BCUT2D eigenvalue weighted by Gasteiger charge is -2.33. The average molecular weight is 383 g/mol. The van der Waals surface area contributed by atoms with Crippen LogP contribution in [0.15, 0.2) is 18.7 Å². The predicted molar refractivity (Wildman–Crippen MR) is 105 cm³/mol. The number of aryl methyl sites for hydroxylation is 1. The molecule has 0 aliphatic carbocycles. The maximum atomic E-state index is 12.5. The smallest absolute Gasteiger partial charge is 0.236 e. The second-order valence-corrected chi connectivity index (χ2v) is 7.53. The topological polar surface area (TPSA) is 111 Å². The molecule has 28 heavy (non-hydrogen) atoms. The summed E-state index contributed by atoms with van der Waals surface area (Å²) in [6, 6.07) is 0.0436. The molecule has 1 amide bonds. The molecule has 0 aromatic carbocycles. The van der Waals surface area contributed by atoms with Gasteiger partial charge in [-0.2, -0.15) is 10.2 Å². The lowest BCUT2D eigenvalue weighted by molar-refractivity contribution is -0.133. The van der Waals surface area contributed by atoms with Crippen LogP contribution in [-0.2, 0) is 11.8 Å². The van der Waals surface area contributed by atoms with Gasteiger partial charge >= 0.3 is 0 Å². The van der Waals surface area contributed by atoms with Crippen LogP contribution in [-0.4, -0.2) is 79.0 Å². The van der Waals surface area contributed by atoms with Crippen molar-refractivity contribution in [2.24, 2.45) is 7.05 Å². The molecule has 1 aliphatic rings. The molecule has 10 heteroatoms. The van der Waals surface area contributed by atoms with E-state index < -0.39 is 0 Å². The summed E-state index contributed by atoms with van der Waals surface area (Å²) in [5.74, 6) is 0.527. The van der Waals surface area contributed by atoms with Gasteiger partial charge in [0.05, 0.1) is 24.2 Å². The second kappa shape index (κ2) is 7.19. The van der Waals surface area contributed by atoms with Crippen molar-refractivity contribution in [1.29, 1.82) is 0 Å². The zero-order valence-corrected chi connectivity index (χ0v) is 16.4. The van der Waals surface area contributed by atoms with Crippen LogP contribution in [0.5, 0.6) is 0 Å². The summed E-state index contributed by atoms with van der Waals surface area (Å²) in [5, 5.41) is 9.82. The molecule has 1 saturated heterocycles. The van der Waals surface area contributed by atoms with Gasteiger partial charge < -0.3 is 15.5 Å². The summed E-state index contributed by atoms with van der Waals surface area (Å²) in [6.07, 6.45) is 6.96. The van der Waals surface area contributed by atoms with E-state index in [0.29, 0.717) is 24.6 Å². The number of anilines is 1. The molecule has 0 bridgehead atoms. The summed E-state index contributed by atoms with van der Waals surface area (Å²) in [6.45, 7) is 1.79. The van der Waals surface area contributed by atoms with E-state index in [1.165, 1.54) is 6.33 Å². The summed E-state index contributed by atoms with van der Waals surface area (Å²) >= 11 is 0. The average Bonchev–Trinajstić information content (AvgIpc) is 3.26. The number of rotatable bonds is 4. The molecule has 3 aromatic rings. The lowest BCUT2D eigenvalue weighted by Crippen LogP contribution is -2.44. The number of piperidine rings is 1. The highest BCUT2D eigenvalue weighted by Gasteiger charge is 2.29. The van der Waals surface area contributed by atoms with Crippen molar-refractivity contribution >= 4 is 22.8 Å². The Morgan fingerprint density at radius 1 is 1.36 bits per heavy atom. The van der Waals surface area contributed by atoms with Crippen LogP contribution in [0.1, 0.15) is 18.9 Å². The maximum Gasteiger partial charge on any atom is 0.236 e. The number of nitrogens with two attached hydrogens (primary N) is 1. The van der Waals surface area contributed by atoms with Crippen molar-refractivity contribution in [3.63, 3.8) is 0 Å². The van der Waals surface area contributed by atoms with E-state index in [0.717, 1.165) is 36.0 Å². The Kier molecular flexibility index (Phi) is 4.71. The van der Waals surface area contributed by atoms with Gasteiger partial charge in [-0.25, -0.2) is 14.6 Å². The molecule has 0 spiro atoms. The maximum absolute atomic E-state index is 12.5. The number of carbonyl (C=O) groups is 1. The normalized spacial score (nSPS) is 17.6. The van der Waals surface area contributed by atoms with Crippen molar-refractivity contribution < 1.29 is 4.79 Å². The summed E-state index contributed by atoms with van der Waals surface area (Å²) < 4.78 is 3.63. The van der Waals surface area contributed by atoms with Gasteiger partial charge in [0.2, 0.25) is 5.91 Å². The first-order valence-corrected chi connectivity index (χ1v) is 9.34. The predicted octanol–water partition coefficient (Wildman–Crippen LogP) is 0.534. The summed E-state index contributed by atoms with van der Waals surface area (Å²) in [7, 11) is 5.67.